The van der Waals surface area contributed by atoms with Gasteiger partial charge < -0.3 is 10.2 Å². The van der Waals surface area contributed by atoms with Crippen molar-refractivity contribution in [1.29, 1.82) is 0 Å². The van der Waals surface area contributed by atoms with E-state index in [1.807, 2.05) is 7.05 Å². The Morgan fingerprint density at radius 1 is 1.47 bits per heavy atom. The molecule has 0 radical (unpaired) electrons. The number of nitrogens with zero attached hydrogens (tertiary/aromatic N) is 2. The normalized spacial score (nSPS) is 16.9. The van der Waals surface area contributed by atoms with Gasteiger partial charge in [0.25, 0.3) is 0 Å². The third-order valence-electron chi connectivity index (χ3n) is 3.66. The van der Waals surface area contributed by atoms with Gasteiger partial charge in [-0.15, -0.1) is 0 Å². The van der Waals surface area contributed by atoms with Gasteiger partial charge in [0.15, 0.2) is 0 Å². The molecule has 1 saturated carbocycles. The van der Waals surface area contributed by atoms with Crippen LogP contribution in [0, 0.1) is 12.8 Å². The first-order valence-corrected chi connectivity index (χ1v) is 6.47. The molecule has 1 aliphatic carbocycles. The van der Waals surface area contributed by atoms with E-state index in [9.17, 15) is 0 Å². The summed E-state index contributed by atoms with van der Waals surface area (Å²) in [5.74, 6) is 1.98. The first-order valence-electron chi connectivity index (χ1n) is 6.47. The molecule has 0 aliphatic heterocycles. The van der Waals surface area contributed by atoms with E-state index >= 15 is 0 Å². The standard InChI is InChI=1S/C14H23N3/c1-10-7-12(9-15-3)8-14(16-10)17(4)11(2)13-5-6-13/h7-8,11,13,15H,5-6,9H2,1-4H3. The predicted molar refractivity (Wildman–Crippen MR) is 72.3 cm³/mol. The van der Waals surface area contributed by atoms with Crippen LogP contribution in [-0.2, 0) is 6.54 Å². The van der Waals surface area contributed by atoms with Gasteiger partial charge in [-0.05, 0) is 57.4 Å². The second-order valence-corrected chi connectivity index (χ2v) is 5.19. The molecule has 1 aromatic heterocycles. The number of nitrogens with one attached hydrogen (secondary N) is 1. The maximum atomic E-state index is 4.65. The molecule has 0 spiro atoms. The summed E-state index contributed by atoms with van der Waals surface area (Å²) >= 11 is 0. The molecule has 17 heavy (non-hydrogen) atoms. The summed E-state index contributed by atoms with van der Waals surface area (Å²) in [6.07, 6.45) is 2.75. The predicted octanol–water partition coefficient (Wildman–Crippen LogP) is 2.34. The van der Waals surface area contributed by atoms with E-state index in [-0.39, 0.29) is 0 Å². The highest BCUT2D eigenvalue weighted by molar-refractivity contribution is 5.43. The van der Waals surface area contributed by atoms with Crippen LogP contribution in [-0.4, -0.2) is 25.1 Å². The highest BCUT2D eigenvalue weighted by Gasteiger charge is 2.31. The molecule has 1 N–H and O–H groups in total. The average Bonchev–Trinajstić information content (AvgIpc) is 3.10. The maximum Gasteiger partial charge on any atom is 0.129 e. The number of aromatic nitrogens is 1. The lowest BCUT2D eigenvalue weighted by Crippen LogP contribution is -2.31. The molecule has 1 atom stereocenters. The van der Waals surface area contributed by atoms with Gasteiger partial charge in [0.1, 0.15) is 5.82 Å². The zero-order valence-electron chi connectivity index (χ0n) is 11.3. The third-order valence-corrected chi connectivity index (χ3v) is 3.66. The Hall–Kier alpha value is -1.09. The van der Waals surface area contributed by atoms with E-state index in [1.54, 1.807) is 0 Å². The maximum absolute atomic E-state index is 4.65. The van der Waals surface area contributed by atoms with Crippen LogP contribution in [0.15, 0.2) is 12.1 Å². The fourth-order valence-electron chi connectivity index (χ4n) is 2.31. The molecule has 3 heteroatoms. The van der Waals surface area contributed by atoms with Crippen LogP contribution >= 0.6 is 0 Å². The van der Waals surface area contributed by atoms with Crippen LogP contribution in [0.5, 0.6) is 0 Å². The SMILES string of the molecule is CNCc1cc(C)nc(N(C)C(C)C2CC2)c1. The van der Waals surface area contributed by atoms with Crippen LogP contribution in [0.4, 0.5) is 5.82 Å². The van der Waals surface area contributed by atoms with Gasteiger partial charge in [-0.3, -0.25) is 0 Å². The minimum Gasteiger partial charge on any atom is -0.357 e. The molecule has 0 amide bonds. The molecule has 1 aromatic rings. The second kappa shape index (κ2) is 5.05. The van der Waals surface area contributed by atoms with Gasteiger partial charge in [-0.2, -0.15) is 0 Å². The highest BCUT2D eigenvalue weighted by Crippen LogP contribution is 2.35. The van der Waals surface area contributed by atoms with Crippen molar-refractivity contribution in [1.82, 2.24) is 10.3 Å². The van der Waals surface area contributed by atoms with E-state index in [0.29, 0.717) is 6.04 Å². The number of anilines is 1. The van der Waals surface area contributed by atoms with Crippen LogP contribution in [0.3, 0.4) is 0 Å². The molecule has 0 saturated heterocycles. The van der Waals surface area contributed by atoms with Crippen molar-refractivity contribution in [3.05, 3.63) is 23.4 Å². The highest BCUT2D eigenvalue weighted by atomic mass is 15.2. The Labute approximate surface area is 104 Å². The molecule has 2 rings (SSSR count). The van der Waals surface area contributed by atoms with Crippen molar-refractivity contribution >= 4 is 5.82 Å². The minimum absolute atomic E-state index is 0.603. The third kappa shape index (κ3) is 2.97. The zero-order valence-corrected chi connectivity index (χ0v) is 11.3. The summed E-state index contributed by atoms with van der Waals surface area (Å²) in [7, 11) is 4.14. The minimum atomic E-state index is 0.603. The quantitative estimate of drug-likeness (QED) is 0.846. The Morgan fingerprint density at radius 3 is 2.76 bits per heavy atom. The van der Waals surface area contributed by atoms with Crippen LogP contribution < -0.4 is 10.2 Å². The van der Waals surface area contributed by atoms with Gasteiger partial charge in [0, 0.05) is 25.3 Å². The van der Waals surface area contributed by atoms with Gasteiger partial charge in [-0.25, -0.2) is 4.98 Å². The van der Waals surface area contributed by atoms with Gasteiger partial charge >= 0.3 is 0 Å². The average molecular weight is 233 g/mol. The largest absolute Gasteiger partial charge is 0.357 e. The van der Waals surface area contributed by atoms with E-state index in [0.717, 1.165) is 24.0 Å². The molecule has 94 valence electrons. The van der Waals surface area contributed by atoms with E-state index in [2.05, 4.69) is 48.2 Å². The number of rotatable bonds is 5. The summed E-state index contributed by atoms with van der Waals surface area (Å²) < 4.78 is 0. The molecule has 1 fully saturated rings. The lowest BCUT2D eigenvalue weighted by atomic mass is 10.1. The second-order valence-electron chi connectivity index (χ2n) is 5.19. The number of hydrogen-bond donors (Lipinski definition) is 1. The Bertz CT molecular complexity index is 385. The summed E-state index contributed by atoms with van der Waals surface area (Å²) in [4.78, 5) is 6.97. The van der Waals surface area contributed by atoms with Crippen LogP contribution in [0.1, 0.15) is 31.0 Å². The fourth-order valence-corrected chi connectivity index (χ4v) is 2.31. The molecule has 1 aliphatic rings. The van der Waals surface area contributed by atoms with E-state index in [4.69, 9.17) is 0 Å². The van der Waals surface area contributed by atoms with Crippen molar-refractivity contribution in [2.24, 2.45) is 5.92 Å². The first kappa shape index (κ1) is 12.4. The summed E-state index contributed by atoms with van der Waals surface area (Å²) in [5, 5.41) is 3.20. The van der Waals surface area contributed by atoms with Crippen LogP contribution in [0.2, 0.25) is 0 Å². The smallest absolute Gasteiger partial charge is 0.129 e. The van der Waals surface area contributed by atoms with Crippen molar-refractivity contribution in [2.75, 3.05) is 19.0 Å². The Kier molecular flexibility index (Phi) is 3.67. The summed E-state index contributed by atoms with van der Waals surface area (Å²) in [6, 6.07) is 4.95. The lowest BCUT2D eigenvalue weighted by Gasteiger charge is -2.26. The fraction of sp³-hybridized carbons (Fsp3) is 0.643. The molecule has 0 bridgehead atoms. The molecule has 3 nitrogen and oxygen atoms in total. The molecule has 1 unspecified atom stereocenters. The number of pyridine rings is 1. The Morgan fingerprint density at radius 2 is 2.18 bits per heavy atom. The first-order chi connectivity index (χ1) is 8.11. The van der Waals surface area contributed by atoms with Crippen molar-refractivity contribution in [2.45, 2.75) is 39.3 Å². The summed E-state index contributed by atoms with van der Waals surface area (Å²) in [5.41, 5.74) is 2.41. The van der Waals surface area contributed by atoms with Crippen LogP contribution in [0.25, 0.3) is 0 Å². The summed E-state index contributed by atoms with van der Waals surface area (Å²) in [6.45, 7) is 5.28. The van der Waals surface area contributed by atoms with Crippen molar-refractivity contribution in [3.8, 4) is 0 Å². The lowest BCUT2D eigenvalue weighted by molar-refractivity contribution is 0.603. The topological polar surface area (TPSA) is 28.2 Å². The molecule has 0 aromatic carbocycles. The van der Waals surface area contributed by atoms with Gasteiger partial charge in [-0.1, -0.05) is 0 Å². The molecular weight excluding hydrogens is 210 g/mol. The molecule has 1 heterocycles. The molecular formula is C14H23N3. The monoisotopic (exact) mass is 233 g/mol. The van der Waals surface area contributed by atoms with E-state index < -0.39 is 0 Å². The van der Waals surface area contributed by atoms with E-state index in [1.165, 1.54) is 18.4 Å². The number of aryl methyl sites for hydroxylation is 1. The zero-order chi connectivity index (χ0) is 12.4. The van der Waals surface area contributed by atoms with Crippen molar-refractivity contribution in [3.63, 3.8) is 0 Å². The van der Waals surface area contributed by atoms with Gasteiger partial charge in [0.05, 0.1) is 0 Å². The van der Waals surface area contributed by atoms with Gasteiger partial charge in [0.2, 0.25) is 0 Å². The van der Waals surface area contributed by atoms with Crippen molar-refractivity contribution < 1.29 is 0 Å². The number of hydrogen-bond acceptors (Lipinski definition) is 3. The Balaban J connectivity index is 2.18.